The quantitative estimate of drug-likeness (QED) is 0.757. The van der Waals surface area contributed by atoms with Crippen LogP contribution < -0.4 is 4.90 Å². The fourth-order valence-corrected chi connectivity index (χ4v) is 3.83. The Morgan fingerprint density at radius 1 is 1.26 bits per heavy atom. The van der Waals surface area contributed by atoms with Crippen LogP contribution in [0.15, 0.2) is 46.6 Å². The number of aromatic nitrogens is 3. The second-order valence-electron chi connectivity index (χ2n) is 5.61. The van der Waals surface area contributed by atoms with Crippen LogP contribution in [0.2, 0.25) is 10.0 Å². The minimum absolute atomic E-state index is 0.324. The molecule has 2 aromatic rings. The molecule has 4 nitrogen and oxygen atoms in total. The van der Waals surface area contributed by atoms with Crippen LogP contribution in [-0.2, 0) is 0 Å². The number of halogens is 2. The van der Waals surface area contributed by atoms with Crippen molar-refractivity contribution in [3.63, 3.8) is 0 Å². The predicted octanol–water partition coefficient (Wildman–Crippen LogP) is 5.08. The molecule has 120 valence electrons. The fourth-order valence-electron chi connectivity index (χ4n) is 2.60. The molecule has 1 aliphatic heterocycles. The van der Waals surface area contributed by atoms with E-state index in [-0.39, 0.29) is 0 Å². The van der Waals surface area contributed by atoms with Crippen LogP contribution in [0.4, 0.5) is 5.95 Å². The maximum absolute atomic E-state index is 6.19. The minimum atomic E-state index is 0.324. The Labute approximate surface area is 149 Å². The lowest BCUT2D eigenvalue weighted by molar-refractivity contribution is 0.541. The highest BCUT2D eigenvalue weighted by atomic mass is 35.5. The van der Waals surface area contributed by atoms with Gasteiger partial charge in [0.1, 0.15) is 5.03 Å². The van der Waals surface area contributed by atoms with E-state index in [9.17, 15) is 0 Å². The van der Waals surface area contributed by atoms with Gasteiger partial charge in [-0.1, -0.05) is 54.5 Å². The monoisotopic (exact) mass is 366 g/mol. The molecule has 1 saturated heterocycles. The first-order valence-electron chi connectivity index (χ1n) is 7.26. The lowest BCUT2D eigenvalue weighted by Crippen LogP contribution is -2.29. The van der Waals surface area contributed by atoms with E-state index in [0.29, 0.717) is 33.0 Å². The molecule has 0 N–H and O–H groups in total. The Kier molecular flexibility index (Phi) is 4.80. The van der Waals surface area contributed by atoms with Crippen LogP contribution in [0.1, 0.15) is 20.3 Å². The normalized spacial score (nSPS) is 21.0. The summed E-state index contributed by atoms with van der Waals surface area (Å²) in [6.07, 6.45) is 2.66. The molecular formula is C16H16Cl2N4S. The lowest BCUT2D eigenvalue weighted by atomic mass is 10.0. The van der Waals surface area contributed by atoms with Crippen LogP contribution in [0.5, 0.6) is 0 Å². The van der Waals surface area contributed by atoms with E-state index in [2.05, 4.69) is 40.5 Å². The van der Waals surface area contributed by atoms with Crippen LogP contribution >= 0.6 is 35.0 Å². The Morgan fingerprint density at radius 3 is 2.65 bits per heavy atom. The Hall–Kier alpha value is -1.30. The molecule has 0 amide bonds. The highest BCUT2D eigenvalue weighted by molar-refractivity contribution is 7.99. The van der Waals surface area contributed by atoms with E-state index in [0.717, 1.165) is 17.0 Å². The first-order chi connectivity index (χ1) is 11.0. The van der Waals surface area contributed by atoms with Crippen molar-refractivity contribution in [1.82, 2.24) is 15.2 Å². The van der Waals surface area contributed by atoms with Crippen molar-refractivity contribution in [2.75, 3.05) is 4.90 Å². The van der Waals surface area contributed by atoms with Crippen molar-refractivity contribution in [2.24, 2.45) is 5.92 Å². The third kappa shape index (κ3) is 3.32. The molecule has 3 rings (SSSR count). The maximum Gasteiger partial charge on any atom is 0.249 e. The van der Waals surface area contributed by atoms with E-state index < -0.39 is 0 Å². The van der Waals surface area contributed by atoms with Gasteiger partial charge in [-0.3, -0.25) is 0 Å². The summed E-state index contributed by atoms with van der Waals surface area (Å²) in [4.78, 5) is 7.32. The van der Waals surface area contributed by atoms with Gasteiger partial charge in [0.05, 0.1) is 16.2 Å². The third-order valence-electron chi connectivity index (χ3n) is 4.00. The molecule has 1 aliphatic rings. The van der Waals surface area contributed by atoms with Crippen molar-refractivity contribution in [3.05, 3.63) is 46.7 Å². The molecule has 1 fully saturated rings. The van der Waals surface area contributed by atoms with Crippen molar-refractivity contribution in [1.29, 1.82) is 0 Å². The summed E-state index contributed by atoms with van der Waals surface area (Å²) in [5, 5.41) is 10.2. The smallest absolute Gasteiger partial charge is 0.249 e. The lowest BCUT2D eigenvalue weighted by Gasteiger charge is -2.23. The van der Waals surface area contributed by atoms with Crippen LogP contribution in [0, 0.1) is 5.92 Å². The van der Waals surface area contributed by atoms with E-state index in [1.54, 1.807) is 12.3 Å². The fraction of sp³-hybridized carbons (Fsp3) is 0.312. The highest BCUT2D eigenvalue weighted by Gasteiger charge is 2.32. The zero-order chi connectivity index (χ0) is 16.6. The standard InChI is InChI=1S/C16H16Cl2N4S/c1-9-7-10(2)22(11(9)3)16-19-8-14(20-21-16)23-13-6-4-5-12(17)15(13)18/h4-6,8-9,11H,2,7H2,1,3H3/t9-,11?/m0/s1. The number of anilines is 1. The maximum atomic E-state index is 6.19. The second-order valence-corrected chi connectivity index (χ2v) is 7.46. The summed E-state index contributed by atoms with van der Waals surface area (Å²) >= 11 is 13.6. The molecule has 0 aliphatic carbocycles. The predicted molar refractivity (Wildman–Crippen MR) is 95.3 cm³/mol. The van der Waals surface area contributed by atoms with Gasteiger partial charge in [-0.25, -0.2) is 4.98 Å². The molecule has 7 heteroatoms. The molecular weight excluding hydrogens is 351 g/mol. The molecule has 0 saturated carbocycles. The number of allylic oxidation sites excluding steroid dienone is 1. The molecule has 1 aromatic heterocycles. The minimum Gasteiger partial charge on any atom is -0.311 e. The van der Waals surface area contributed by atoms with E-state index in [1.807, 2.05) is 12.1 Å². The summed E-state index contributed by atoms with van der Waals surface area (Å²) in [5.41, 5.74) is 1.03. The van der Waals surface area contributed by atoms with Crippen LogP contribution in [0.25, 0.3) is 0 Å². The summed E-state index contributed by atoms with van der Waals surface area (Å²) in [6.45, 7) is 8.46. The number of nitrogens with zero attached hydrogens (tertiary/aromatic N) is 4. The molecule has 23 heavy (non-hydrogen) atoms. The van der Waals surface area contributed by atoms with Crippen molar-refractivity contribution >= 4 is 40.9 Å². The molecule has 2 atom stereocenters. The van der Waals surface area contributed by atoms with Gasteiger partial charge < -0.3 is 4.90 Å². The Morgan fingerprint density at radius 2 is 2.04 bits per heavy atom. The van der Waals surface area contributed by atoms with E-state index >= 15 is 0 Å². The Bertz CT molecular complexity index is 735. The molecule has 1 unspecified atom stereocenters. The van der Waals surface area contributed by atoms with Gasteiger partial charge in [0.2, 0.25) is 5.95 Å². The second kappa shape index (κ2) is 6.67. The molecule has 0 radical (unpaired) electrons. The van der Waals surface area contributed by atoms with Gasteiger partial charge in [0.25, 0.3) is 0 Å². The Balaban J connectivity index is 1.80. The SMILES string of the molecule is C=C1C[C@H](C)C(C)N1c1ncc(Sc2cccc(Cl)c2Cl)nn1. The molecule has 1 aromatic carbocycles. The average molecular weight is 367 g/mol. The van der Waals surface area contributed by atoms with Crippen molar-refractivity contribution < 1.29 is 0 Å². The summed E-state index contributed by atoms with van der Waals surface area (Å²) in [5.74, 6) is 1.12. The van der Waals surface area contributed by atoms with Gasteiger partial charge >= 0.3 is 0 Å². The summed E-state index contributed by atoms with van der Waals surface area (Å²) in [6, 6.07) is 5.82. The van der Waals surface area contributed by atoms with Crippen LogP contribution in [-0.4, -0.2) is 21.2 Å². The average Bonchev–Trinajstić information content (AvgIpc) is 2.78. The number of hydrogen-bond donors (Lipinski definition) is 0. The van der Waals surface area contributed by atoms with Crippen molar-refractivity contribution in [2.45, 2.75) is 36.2 Å². The first-order valence-corrected chi connectivity index (χ1v) is 8.83. The molecule has 2 heterocycles. The number of rotatable bonds is 3. The topological polar surface area (TPSA) is 41.9 Å². The zero-order valence-electron chi connectivity index (χ0n) is 12.8. The molecule has 0 bridgehead atoms. The van der Waals surface area contributed by atoms with E-state index in [4.69, 9.17) is 23.2 Å². The number of benzene rings is 1. The van der Waals surface area contributed by atoms with Gasteiger partial charge in [-0.05, 0) is 31.4 Å². The zero-order valence-corrected chi connectivity index (χ0v) is 15.2. The van der Waals surface area contributed by atoms with Gasteiger partial charge in [-0.2, -0.15) is 0 Å². The van der Waals surface area contributed by atoms with Gasteiger partial charge in [0.15, 0.2) is 0 Å². The van der Waals surface area contributed by atoms with Crippen LogP contribution in [0.3, 0.4) is 0 Å². The molecule has 0 spiro atoms. The summed E-state index contributed by atoms with van der Waals surface area (Å²) in [7, 11) is 0. The first kappa shape index (κ1) is 16.6. The largest absolute Gasteiger partial charge is 0.311 e. The van der Waals surface area contributed by atoms with Gasteiger partial charge in [0, 0.05) is 16.6 Å². The van der Waals surface area contributed by atoms with E-state index in [1.165, 1.54) is 11.8 Å². The highest BCUT2D eigenvalue weighted by Crippen LogP contribution is 2.37. The third-order valence-corrected chi connectivity index (χ3v) is 5.89. The number of hydrogen-bond acceptors (Lipinski definition) is 5. The van der Waals surface area contributed by atoms with Gasteiger partial charge in [-0.15, -0.1) is 10.2 Å². The van der Waals surface area contributed by atoms with Crippen molar-refractivity contribution in [3.8, 4) is 0 Å². The summed E-state index contributed by atoms with van der Waals surface area (Å²) < 4.78 is 0.